The van der Waals surface area contributed by atoms with Crippen molar-refractivity contribution in [2.75, 3.05) is 13.2 Å². The van der Waals surface area contributed by atoms with Crippen molar-refractivity contribution in [2.24, 2.45) is 0 Å². The Morgan fingerprint density at radius 1 is 1.15 bits per heavy atom. The summed E-state index contributed by atoms with van der Waals surface area (Å²) in [5, 5.41) is 14.3. The Balaban J connectivity index is 2.49. The number of halogens is 6. The molecule has 2 aromatic rings. The highest BCUT2D eigenvalue weighted by Crippen LogP contribution is 2.35. The minimum Gasteiger partial charge on any atom is -0.396 e. The van der Waals surface area contributed by atoms with Crippen LogP contribution in [0.1, 0.15) is 28.0 Å². The maximum Gasteiger partial charge on any atom is 0.434 e. The van der Waals surface area contributed by atoms with Gasteiger partial charge in [-0.1, -0.05) is 6.07 Å². The van der Waals surface area contributed by atoms with Gasteiger partial charge in [-0.2, -0.15) is 31.4 Å². The Hall–Kier alpha value is -2.56. The topological polar surface area (TPSA) is 67.2 Å². The largest absolute Gasteiger partial charge is 0.434 e. The van der Waals surface area contributed by atoms with Crippen LogP contribution >= 0.6 is 0 Å². The summed E-state index contributed by atoms with van der Waals surface area (Å²) < 4.78 is 78.8. The number of aromatic nitrogens is 2. The van der Waals surface area contributed by atoms with Gasteiger partial charge in [-0.25, -0.2) is 4.68 Å². The van der Waals surface area contributed by atoms with Gasteiger partial charge in [-0.3, -0.25) is 4.79 Å². The Morgan fingerprint density at radius 2 is 1.85 bits per heavy atom. The predicted octanol–water partition coefficient (Wildman–Crippen LogP) is 3.02. The quantitative estimate of drug-likeness (QED) is 0.618. The smallest absolute Gasteiger partial charge is 0.396 e. The summed E-state index contributed by atoms with van der Waals surface area (Å²) in [6.07, 6.45) is -9.01. The van der Waals surface area contributed by atoms with Gasteiger partial charge in [0.25, 0.3) is 5.91 Å². The second-order valence-corrected chi connectivity index (χ2v) is 5.20. The minimum atomic E-state index is -5.03. The van der Waals surface area contributed by atoms with Crippen molar-refractivity contribution < 1.29 is 36.2 Å². The van der Waals surface area contributed by atoms with E-state index < -0.39 is 40.8 Å². The van der Waals surface area contributed by atoms with Crippen LogP contribution in [0.25, 0.3) is 5.69 Å². The number of hydrogen-bond donors (Lipinski definition) is 2. The lowest BCUT2D eigenvalue weighted by Crippen LogP contribution is -2.28. The molecule has 0 aliphatic carbocycles. The SMILES string of the molecule is O=C(NCCCO)c1cnn(-c2cccc(C(F)(F)F)c2)c1C(F)(F)F. The number of carbonyl (C=O) groups is 1. The highest BCUT2D eigenvalue weighted by Gasteiger charge is 2.41. The van der Waals surface area contributed by atoms with E-state index in [2.05, 4.69) is 10.4 Å². The summed E-state index contributed by atoms with van der Waals surface area (Å²) in [6.45, 7) is -0.336. The first-order chi connectivity index (χ1) is 12.1. The number of aliphatic hydroxyl groups excluding tert-OH is 1. The molecule has 1 aromatic carbocycles. The lowest BCUT2D eigenvalue weighted by Gasteiger charge is -2.14. The van der Waals surface area contributed by atoms with Crippen molar-refractivity contribution in [3.63, 3.8) is 0 Å². The molecule has 1 amide bonds. The average molecular weight is 381 g/mol. The highest BCUT2D eigenvalue weighted by molar-refractivity contribution is 5.95. The highest BCUT2D eigenvalue weighted by atomic mass is 19.4. The van der Waals surface area contributed by atoms with Gasteiger partial charge < -0.3 is 10.4 Å². The van der Waals surface area contributed by atoms with Crippen LogP contribution in [-0.4, -0.2) is 33.9 Å². The zero-order valence-corrected chi connectivity index (χ0v) is 13.0. The summed E-state index contributed by atoms with van der Waals surface area (Å²) in [5.41, 5.74) is -3.94. The molecule has 1 aromatic heterocycles. The van der Waals surface area contributed by atoms with E-state index in [9.17, 15) is 31.1 Å². The van der Waals surface area contributed by atoms with E-state index in [-0.39, 0.29) is 24.3 Å². The Kier molecular flexibility index (Phi) is 5.59. The molecule has 0 radical (unpaired) electrons. The molecule has 0 bridgehead atoms. The fourth-order valence-electron chi connectivity index (χ4n) is 2.17. The molecule has 0 aliphatic heterocycles. The van der Waals surface area contributed by atoms with Crippen LogP contribution in [0.15, 0.2) is 30.5 Å². The second-order valence-electron chi connectivity index (χ2n) is 5.20. The summed E-state index contributed by atoms with van der Waals surface area (Å²) >= 11 is 0. The molecule has 5 nitrogen and oxygen atoms in total. The van der Waals surface area contributed by atoms with Gasteiger partial charge in [-0.05, 0) is 24.6 Å². The molecule has 142 valence electrons. The van der Waals surface area contributed by atoms with Crippen LogP contribution in [0.4, 0.5) is 26.3 Å². The second kappa shape index (κ2) is 7.36. The zero-order chi connectivity index (χ0) is 19.5. The summed E-state index contributed by atoms with van der Waals surface area (Å²) in [6, 6.07) is 3.18. The number of nitrogens with zero attached hydrogens (tertiary/aromatic N) is 2. The van der Waals surface area contributed by atoms with Gasteiger partial charge in [0.1, 0.15) is 0 Å². The standard InChI is InChI=1S/C15H13F6N3O2/c16-14(17,18)9-3-1-4-10(7-9)24-12(15(19,20)21)11(8-23-24)13(26)22-5-2-6-25/h1,3-4,7-8,25H,2,5-6H2,(H,22,26). The van der Waals surface area contributed by atoms with E-state index in [1.165, 1.54) is 0 Å². The lowest BCUT2D eigenvalue weighted by molar-refractivity contribution is -0.143. The van der Waals surface area contributed by atoms with Gasteiger partial charge in [0.15, 0.2) is 5.69 Å². The van der Waals surface area contributed by atoms with Gasteiger partial charge in [0, 0.05) is 13.2 Å². The van der Waals surface area contributed by atoms with E-state index in [0.29, 0.717) is 18.3 Å². The van der Waals surface area contributed by atoms with Gasteiger partial charge in [-0.15, -0.1) is 0 Å². The Labute approximate surface area is 143 Å². The first kappa shape index (κ1) is 19.8. The van der Waals surface area contributed by atoms with Crippen molar-refractivity contribution in [2.45, 2.75) is 18.8 Å². The molecule has 26 heavy (non-hydrogen) atoms. The average Bonchev–Trinajstić information content (AvgIpc) is 3.00. The van der Waals surface area contributed by atoms with Crippen LogP contribution in [-0.2, 0) is 12.4 Å². The third-order valence-corrected chi connectivity index (χ3v) is 3.32. The molecule has 0 spiro atoms. The van der Waals surface area contributed by atoms with E-state index in [0.717, 1.165) is 12.1 Å². The van der Waals surface area contributed by atoms with Crippen molar-refractivity contribution in [3.8, 4) is 5.69 Å². The molecule has 0 unspecified atom stereocenters. The van der Waals surface area contributed by atoms with E-state index in [1.807, 2.05) is 0 Å². The number of hydrogen-bond acceptors (Lipinski definition) is 3. The fraction of sp³-hybridized carbons (Fsp3) is 0.333. The Morgan fingerprint density at radius 3 is 2.42 bits per heavy atom. The third-order valence-electron chi connectivity index (χ3n) is 3.32. The maximum absolute atomic E-state index is 13.4. The summed E-state index contributed by atoms with van der Waals surface area (Å²) in [7, 11) is 0. The van der Waals surface area contributed by atoms with Crippen molar-refractivity contribution >= 4 is 5.91 Å². The molecule has 11 heteroatoms. The van der Waals surface area contributed by atoms with E-state index in [1.54, 1.807) is 0 Å². The number of carbonyl (C=O) groups excluding carboxylic acids is 1. The van der Waals surface area contributed by atoms with Crippen LogP contribution in [0.2, 0.25) is 0 Å². The molecule has 2 N–H and O–H groups in total. The molecule has 1 heterocycles. The number of benzene rings is 1. The number of amides is 1. The van der Waals surface area contributed by atoms with Crippen LogP contribution < -0.4 is 5.32 Å². The molecular formula is C15H13F6N3O2. The fourth-order valence-corrected chi connectivity index (χ4v) is 2.17. The molecule has 0 atom stereocenters. The molecule has 0 fully saturated rings. The van der Waals surface area contributed by atoms with Crippen molar-refractivity contribution in [1.82, 2.24) is 15.1 Å². The summed E-state index contributed by atoms with van der Waals surface area (Å²) in [5.74, 6) is -1.09. The van der Waals surface area contributed by atoms with Gasteiger partial charge >= 0.3 is 12.4 Å². The number of nitrogens with one attached hydrogen (secondary N) is 1. The van der Waals surface area contributed by atoms with Crippen molar-refractivity contribution in [1.29, 1.82) is 0 Å². The van der Waals surface area contributed by atoms with Crippen LogP contribution in [0, 0.1) is 0 Å². The number of alkyl halides is 6. The molecule has 2 rings (SSSR count). The molecule has 0 saturated carbocycles. The predicted molar refractivity (Wildman–Crippen MR) is 77.6 cm³/mol. The first-order valence-corrected chi connectivity index (χ1v) is 7.27. The maximum atomic E-state index is 13.4. The van der Waals surface area contributed by atoms with E-state index in [4.69, 9.17) is 5.11 Å². The van der Waals surface area contributed by atoms with Crippen molar-refractivity contribution in [3.05, 3.63) is 47.3 Å². The van der Waals surface area contributed by atoms with Gasteiger partial charge in [0.2, 0.25) is 0 Å². The summed E-state index contributed by atoms with van der Waals surface area (Å²) in [4.78, 5) is 11.9. The zero-order valence-electron chi connectivity index (χ0n) is 13.0. The third kappa shape index (κ3) is 4.34. The van der Waals surface area contributed by atoms with Crippen LogP contribution in [0.5, 0.6) is 0 Å². The lowest BCUT2D eigenvalue weighted by atomic mass is 10.1. The number of aliphatic hydroxyl groups is 1. The Bertz CT molecular complexity index is 782. The molecule has 0 aliphatic rings. The minimum absolute atomic E-state index is 0.0681. The van der Waals surface area contributed by atoms with E-state index >= 15 is 0 Å². The van der Waals surface area contributed by atoms with Gasteiger partial charge in [0.05, 0.1) is 23.0 Å². The first-order valence-electron chi connectivity index (χ1n) is 7.27. The monoisotopic (exact) mass is 381 g/mol. The number of rotatable bonds is 5. The molecule has 0 saturated heterocycles. The normalized spacial score (nSPS) is 12.3. The molecular weight excluding hydrogens is 368 g/mol. The van der Waals surface area contributed by atoms with Crippen LogP contribution in [0.3, 0.4) is 0 Å².